The maximum atomic E-state index is 13.7. The lowest BCUT2D eigenvalue weighted by Crippen LogP contribution is -2.18. The molecule has 1 N–H and O–H groups in total. The van der Waals surface area contributed by atoms with Crippen LogP contribution in [0.3, 0.4) is 0 Å². The van der Waals surface area contributed by atoms with Crippen molar-refractivity contribution in [2.75, 3.05) is 7.05 Å². The first kappa shape index (κ1) is 11.9. The minimum Gasteiger partial charge on any atom is -0.464 e. The average molecular weight is 233 g/mol. The van der Waals surface area contributed by atoms with E-state index in [4.69, 9.17) is 4.42 Å². The molecule has 0 aliphatic heterocycles. The monoisotopic (exact) mass is 233 g/mol. The lowest BCUT2D eigenvalue weighted by Gasteiger charge is -2.14. The minimum atomic E-state index is -0.247. The largest absolute Gasteiger partial charge is 0.464 e. The third kappa shape index (κ3) is 2.24. The summed E-state index contributed by atoms with van der Waals surface area (Å²) in [5.74, 6) is 1.39. The highest BCUT2D eigenvalue weighted by Crippen LogP contribution is 2.27. The Kier molecular flexibility index (Phi) is 3.29. The first-order valence-corrected chi connectivity index (χ1v) is 5.62. The summed E-state index contributed by atoms with van der Waals surface area (Å²) in [7, 11) is 1.80. The Bertz CT molecular complexity index is 499. The summed E-state index contributed by atoms with van der Waals surface area (Å²) >= 11 is 0. The van der Waals surface area contributed by atoms with Gasteiger partial charge in [-0.25, -0.2) is 4.39 Å². The highest BCUT2D eigenvalue weighted by molar-refractivity contribution is 5.31. The molecule has 0 aliphatic carbocycles. The van der Waals surface area contributed by atoms with E-state index < -0.39 is 0 Å². The molecule has 0 saturated carbocycles. The molecular weight excluding hydrogens is 217 g/mol. The standard InChI is InChI=1S/C14H16FNO/c1-9-8-13(17-10(9)2)14(16-3)11-6-4-5-7-12(11)15/h4-8,14,16H,1-3H3. The lowest BCUT2D eigenvalue weighted by atomic mass is 10.0. The molecule has 3 heteroatoms. The Morgan fingerprint density at radius 1 is 1.24 bits per heavy atom. The fraction of sp³-hybridized carbons (Fsp3) is 0.286. The van der Waals surface area contributed by atoms with Crippen LogP contribution in [-0.4, -0.2) is 7.05 Å². The van der Waals surface area contributed by atoms with Gasteiger partial charge in [-0.1, -0.05) is 18.2 Å². The normalized spacial score (nSPS) is 12.7. The molecular formula is C14H16FNO. The van der Waals surface area contributed by atoms with E-state index in [9.17, 15) is 4.39 Å². The summed E-state index contributed by atoms with van der Waals surface area (Å²) in [5.41, 5.74) is 1.68. The molecule has 0 fully saturated rings. The Labute approximate surface area is 100 Å². The predicted octanol–water partition coefficient (Wildman–Crippen LogP) is 3.34. The number of nitrogens with one attached hydrogen (secondary N) is 1. The summed E-state index contributed by atoms with van der Waals surface area (Å²) in [6, 6.07) is 8.44. The van der Waals surface area contributed by atoms with Gasteiger partial charge in [0.2, 0.25) is 0 Å². The lowest BCUT2D eigenvalue weighted by molar-refractivity contribution is 0.435. The molecule has 1 heterocycles. The van der Waals surface area contributed by atoms with Crippen LogP contribution in [-0.2, 0) is 0 Å². The van der Waals surface area contributed by atoms with E-state index in [0.29, 0.717) is 5.56 Å². The number of halogens is 1. The van der Waals surface area contributed by atoms with Gasteiger partial charge in [-0.3, -0.25) is 0 Å². The van der Waals surface area contributed by atoms with E-state index in [1.807, 2.05) is 26.0 Å². The van der Waals surface area contributed by atoms with Gasteiger partial charge in [-0.15, -0.1) is 0 Å². The van der Waals surface area contributed by atoms with Gasteiger partial charge < -0.3 is 9.73 Å². The first-order valence-electron chi connectivity index (χ1n) is 5.62. The number of hydrogen-bond donors (Lipinski definition) is 1. The third-order valence-corrected chi connectivity index (χ3v) is 2.97. The quantitative estimate of drug-likeness (QED) is 0.879. The van der Waals surface area contributed by atoms with Crippen molar-refractivity contribution in [1.82, 2.24) is 5.32 Å². The van der Waals surface area contributed by atoms with Crippen molar-refractivity contribution in [3.05, 3.63) is 58.8 Å². The maximum absolute atomic E-state index is 13.7. The van der Waals surface area contributed by atoms with E-state index in [1.165, 1.54) is 6.07 Å². The van der Waals surface area contributed by atoms with E-state index >= 15 is 0 Å². The van der Waals surface area contributed by atoms with Gasteiger partial charge in [-0.2, -0.15) is 0 Å². The Morgan fingerprint density at radius 3 is 2.47 bits per heavy atom. The van der Waals surface area contributed by atoms with Crippen molar-refractivity contribution in [2.24, 2.45) is 0 Å². The van der Waals surface area contributed by atoms with Crippen molar-refractivity contribution >= 4 is 0 Å². The smallest absolute Gasteiger partial charge is 0.128 e. The minimum absolute atomic E-state index is 0.224. The zero-order chi connectivity index (χ0) is 12.4. The molecule has 17 heavy (non-hydrogen) atoms. The molecule has 0 saturated heterocycles. The Morgan fingerprint density at radius 2 is 1.94 bits per heavy atom. The zero-order valence-electron chi connectivity index (χ0n) is 10.3. The van der Waals surface area contributed by atoms with Gasteiger partial charge in [0.1, 0.15) is 17.3 Å². The molecule has 0 amide bonds. The van der Waals surface area contributed by atoms with Crippen LogP contribution in [0.2, 0.25) is 0 Å². The highest BCUT2D eigenvalue weighted by Gasteiger charge is 2.19. The first-order chi connectivity index (χ1) is 8.13. The zero-order valence-corrected chi connectivity index (χ0v) is 10.3. The third-order valence-electron chi connectivity index (χ3n) is 2.97. The van der Waals surface area contributed by atoms with Crippen LogP contribution in [0.4, 0.5) is 4.39 Å². The second kappa shape index (κ2) is 4.72. The molecule has 1 aromatic heterocycles. The molecule has 0 bridgehead atoms. The number of aryl methyl sites for hydroxylation is 2. The van der Waals surface area contributed by atoms with Crippen LogP contribution >= 0.6 is 0 Å². The van der Waals surface area contributed by atoms with Crippen LogP contribution in [0, 0.1) is 19.7 Å². The topological polar surface area (TPSA) is 25.2 Å². The fourth-order valence-electron chi connectivity index (χ4n) is 1.90. The highest BCUT2D eigenvalue weighted by atomic mass is 19.1. The molecule has 90 valence electrons. The molecule has 0 aliphatic rings. The molecule has 1 aromatic carbocycles. The van der Waals surface area contributed by atoms with E-state index in [-0.39, 0.29) is 11.9 Å². The second-order valence-corrected chi connectivity index (χ2v) is 4.13. The SMILES string of the molecule is CNC(c1cc(C)c(C)o1)c1ccccc1F. The van der Waals surface area contributed by atoms with Crippen LogP contribution in [0.25, 0.3) is 0 Å². The van der Waals surface area contributed by atoms with Crippen LogP contribution in [0.15, 0.2) is 34.7 Å². The van der Waals surface area contributed by atoms with Crippen LogP contribution in [0.5, 0.6) is 0 Å². The Balaban J connectivity index is 2.44. The van der Waals surface area contributed by atoms with Crippen molar-refractivity contribution < 1.29 is 8.81 Å². The van der Waals surface area contributed by atoms with Crippen molar-refractivity contribution in [1.29, 1.82) is 0 Å². The molecule has 1 atom stereocenters. The summed E-state index contributed by atoms with van der Waals surface area (Å²) in [4.78, 5) is 0. The molecule has 1 unspecified atom stereocenters. The second-order valence-electron chi connectivity index (χ2n) is 4.13. The molecule has 0 spiro atoms. The average Bonchev–Trinajstić information content (AvgIpc) is 2.63. The van der Waals surface area contributed by atoms with Gasteiger partial charge >= 0.3 is 0 Å². The molecule has 2 aromatic rings. The van der Waals surface area contributed by atoms with Crippen molar-refractivity contribution in [3.63, 3.8) is 0 Å². The van der Waals surface area contributed by atoms with Gasteiger partial charge in [0.25, 0.3) is 0 Å². The number of benzene rings is 1. The van der Waals surface area contributed by atoms with E-state index in [1.54, 1.807) is 19.2 Å². The summed E-state index contributed by atoms with van der Waals surface area (Å²) in [6.07, 6.45) is 0. The van der Waals surface area contributed by atoms with Crippen LogP contribution in [0.1, 0.15) is 28.7 Å². The predicted molar refractivity (Wildman–Crippen MR) is 65.5 cm³/mol. The van der Waals surface area contributed by atoms with E-state index in [0.717, 1.165) is 17.1 Å². The number of hydrogen-bond acceptors (Lipinski definition) is 2. The molecule has 2 rings (SSSR count). The van der Waals surface area contributed by atoms with Gasteiger partial charge in [0, 0.05) is 5.56 Å². The van der Waals surface area contributed by atoms with E-state index in [2.05, 4.69) is 5.32 Å². The van der Waals surface area contributed by atoms with Gasteiger partial charge in [0.15, 0.2) is 0 Å². The maximum Gasteiger partial charge on any atom is 0.128 e. The molecule has 0 radical (unpaired) electrons. The van der Waals surface area contributed by atoms with Crippen LogP contribution < -0.4 is 5.32 Å². The summed E-state index contributed by atoms with van der Waals surface area (Å²) < 4.78 is 19.4. The Hall–Kier alpha value is -1.61. The van der Waals surface area contributed by atoms with Crippen molar-refractivity contribution in [2.45, 2.75) is 19.9 Å². The summed E-state index contributed by atoms with van der Waals surface area (Å²) in [6.45, 7) is 3.89. The fourth-order valence-corrected chi connectivity index (χ4v) is 1.90. The van der Waals surface area contributed by atoms with Gasteiger partial charge in [0.05, 0.1) is 6.04 Å². The van der Waals surface area contributed by atoms with Gasteiger partial charge in [-0.05, 0) is 38.6 Å². The van der Waals surface area contributed by atoms with Crippen molar-refractivity contribution in [3.8, 4) is 0 Å². The number of furan rings is 1. The number of rotatable bonds is 3. The summed E-state index contributed by atoms with van der Waals surface area (Å²) in [5, 5.41) is 3.08. The molecule has 2 nitrogen and oxygen atoms in total.